The first kappa shape index (κ1) is 35.9. The first-order valence-electron chi connectivity index (χ1n) is 16.2. The molecule has 1 aromatic carbocycles. The van der Waals surface area contributed by atoms with Crippen LogP contribution in [0.15, 0.2) is 24.3 Å². The van der Waals surface area contributed by atoms with Gasteiger partial charge in [0.15, 0.2) is 0 Å². The van der Waals surface area contributed by atoms with Gasteiger partial charge in [-0.25, -0.2) is 8.78 Å². The van der Waals surface area contributed by atoms with E-state index < -0.39 is 59.3 Å². The lowest BCUT2D eigenvalue weighted by Crippen LogP contribution is -2.42. The molecule has 0 saturated heterocycles. The zero-order valence-electron chi connectivity index (χ0n) is 25.5. The molecule has 0 unspecified atom stereocenters. The molecule has 45 heavy (non-hydrogen) atoms. The third-order valence-corrected chi connectivity index (χ3v) is 9.50. The van der Waals surface area contributed by atoms with Crippen LogP contribution in [0.2, 0.25) is 0 Å². The molecule has 3 saturated carbocycles. The molecule has 3 aliphatic carbocycles. The molecular formula is C33H43F9O3. The SMILES string of the molecule is CCCCOC1CCC(/C=C/C2CCC(C(F)(F)OC3CCC(C(F)(F)Oc4cc(F)c(C(F)(F)F)c(F)c4)CC3)CC2)CC1. The second kappa shape index (κ2) is 15.3. The number of hydrogen-bond donors (Lipinski definition) is 0. The monoisotopic (exact) mass is 658 g/mol. The number of ether oxygens (including phenoxy) is 3. The van der Waals surface area contributed by atoms with E-state index in [0.29, 0.717) is 37.7 Å². The number of halogens is 9. The molecule has 0 amide bonds. The average molecular weight is 659 g/mol. The number of allylic oxidation sites excluding steroid dienone is 2. The van der Waals surface area contributed by atoms with Gasteiger partial charge in [-0.3, -0.25) is 0 Å². The van der Waals surface area contributed by atoms with Crippen molar-refractivity contribution < 1.29 is 53.7 Å². The van der Waals surface area contributed by atoms with Crippen molar-refractivity contribution in [3.8, 4) is 5.75 Å². The second-order valence-electron chi connectivity index (χ2n) is 12.8. The van der Waals surface area contributed by atoms with Gasteiger partial charge in [0.25, 0.3) is 0 Å². The molecule has 256 valence electrons. The summed E-state index contributed by atoms with van der Waals surface area (Å²) in [4.78, 5) is 0. The van der Waals surface area contributed by atoms with Gasteiger partial charge in [-0.1, -0.05) is 25.5 Å². The Morgan fingerprint density at radius 2 is 1.13 bits per heavy atom. The predicted molar refractivity (Wildman–Crippen MR) is 150 cm³/mol. The first-order chi connectivity index (χ1) is 21.2. The Kier molecular flexibility index (Phi) is 12.2. The molecule has 0 bridgehead atoms. The van der Waals surface area contributed by atoms with Crippen molar-refractivity contribution in [1.29, 1.82) is 0 Å². The number of benzene rings is 1. The summed E-state index contributed by atoms with van der Waals surface area (Å²) >= 11 is 0. The number of unbranched alkanes of at least 4 members (excludes halogenated alkanes) is 1. The molecule has 0 atom stereocenters. The van der Waals surface area contributed by atoms with Crippen LogP contribution in [0.4, 0.5) is 39.5 Å². The minimum atomic E-state index is -5.35. The van der Waals surface area contributed by atoms with Crippen LogP contribution in [0.3, 0.4) is 0 Å². The van der Waals surface area contributed by atoms with Crippen molar-refractivity contribution in [3.05, 3.63) is 41.5 Å². The highest BCUT2D eigenvalue weighted by molar-refractivity contribution is 5.32. The molecular weight excluding hydrogens is 615 g/mol. The molecule has 3 fully saturated rings. The zero-order chi connectivity index (χ0) is 32.8. The fourth-order valence-corrected chi connectivity index (χ4v) is 6.76. The van der Waals surface area contributed by atoms with Gasteiger partial charge in [0.1, 0.15) is 22.9 Å². The largest absolute Gasteiger partial charge is 0.432 e. The summed E-state index contributed by atoms with van der Waals surface area (Å²) in [7, 11) is 0. The van der Waals surface area contributed by atoms with Gasteiger partial charge in [0.05, 0.1) is 24.0 Å². The Bertz CT molecular complexity index is 1080. The number of rotatable bonds is 12. The van der Waals surface area contributed by atoms with Crippen LogP contribution >= 0.6 is 0 Å². The molecule has 0 heterocycles. The van der Waals surface area contributed by atoms with Crippen molar-refractivity contribution in [3.63, 3.8) is 0 Å². The highest BCUT2D eigenvalue weighted by atomic mass is 19.4. The minimum Gasteiger partial charge on any atom is -0.432 e. The van der Waals surface area contributed by atoms with Crippen molar-refractivity contribution >= 4 is 0 Å². The fraction of sp³-hybridized carbons (Fsp3) is 0.758. The van der Waals surface area contributed by atoms with E-state index in [4.69, 9.17) is 9.47 Å². The summed E-state index contributed by atoms with van der Waals surface area (Å²) in [6.45, 7) is 2.95. The molecule has 3 aliphatic rings. The summed E-state index contributed by atoms with van der Waals surface area (Å²) in [6, 6.07) is 0.102. The van der Waals surface area contributed by atoms with Crippen LogP contribution in [0.25, 0.3) is 0 Å². The average Bonchev–Trinajstić information content (AvgIpc) is 2.96. The Labute approximate surface area is 258 Å². The van der Waals surface area contributed by atoms with E-state index in [2.05, 4.69) is 23.8 Å². The maximum Gasteiger partial charge on any atom is 0.422 e. The summed E-state index contributed by atoms with van der Waals surface area (Å²) < 4.78 is 141. The van der Waals surface area contributed by atoms with E-state index in [1.165, 1.54) is 0 Å². The Balaban J connectivity index is 1.19. The molecule has 0 N–H and O–H groups in total. The van der Waals surface area contributed by atoms with E-state index in [0.717, 1.165) is 45.1 Å². The second-order valence-corrected chi connectivity index (χ2v) is 12.8. The topological polar surface area (TPSA) is 27.7 Å². The molecule has 0 aromatic heterocycles. The van der Waals surface area contributed by atoms with Crippen LogP contribution in [-0.4, -0.2) is 31.0 Å². The smallest absolute Gasteiger partial charge is 0.422 e. The van der Waals surface area contributed by atoms with Crippen LogP contribution in [0.1, 0.15) is 102 Å². The minimum absolute atomic E-state index is 0.0511. The lowest BCUT2D eigenvalue weighted by Gasteiger charge is -2.37. The fourth-order valence-electron chi connectivity index (χ4n) is 6.76. The predicted octanol–water partition coefficient (Wildman–Crippen LogP) is 10.9. The molecule has 3 nitrogen and oxygen atoms in total. The molecule has 4 rings (SSSR count). The highest BCUT2D eigenvalue weighted by Gasteiger charge is 2.48. The first-order valence-corrected chi connectivity index (χ1v) is 16.2. The molecule has 0 radical (unpaired) electrons. The van der Waals surface area contributed by atoms with Crippen molar-refractivity contribution in [1.82, 2.24) is 0 Å². The highest BCUT2D eigenvalue weighted by Crippen LogP contribution is 2.45. The third kappa shape index (κ3) is 10.0. The van der Waals surface area contributed by atoms with Crippen LogP contribution in [0, 0.1) is 35.3 Å². The lowest BCUT2D eigenvalue weighted by molar-refractivity contribution is -0.305. The van der Waals surface area contributed by atoms with Crippen molar-refractivity contribution in [2.24, 2.45) is 23.7 Å². The van der Waals surface area contributed by atoms with E-state index in [1.807, 2.05) is 0 Å². The van der Waals surface area contributed by atoms with Gasteiger partial charge < -0.3 is 14.2 Å². The molecule has 1 aromatic rings. The van der Waals surface area contributed by atoms with Crippen molar-refractivity contribution in [2.45, 2.75) is 127 Å². The maximum absolute atomic E-state index is 15.1. The quantitative estimate of drug-likeness (QED) is 0.127. The summed E-state index contributed by atoms with van der Waals surface area (Å²) in [5.74, 6) is -7.00. The summed E-state index contributed by atoms with van der Waals surface area (Å²) in [5.41, 5.74) is -2.21. The van der Waals surface area contributed by atoms with E-state index in [9.17, 15) is 30.7 Å². The number of hydrogen-bond acceptors (Lipinski definition) is 3. The van der Waals surface area contributed by atoms with Gasteiger partial charge in [-0.15, -0.1) is 0 Å². The van der Waals surface area contributed by atoms with Gasteiger partial charge in [-0.05, 0) is 95.3 Å². The summed E-state index contributed by atoms with van der Waals surface area (Å²) in [6.07, 6.45) is -1.47. The normalized spacial score (nSPS) is 28.8. The summed E-state index contributed by atoms with van der Waals surface area (Å²) in [5, 5.41) is 0. The van der Waals surface area contributed by atoms with Crippen LogP contribution in [0.5, 0.6) is 5.75 Å². The van der Waals surface area contributed by atoms with Gasteiger partial charge in [-0.2, -0.15) is 30.7 Å². The van der Waals surface area contributed by atoms with Crippen LogP contribution < -0.4 is 4.74 Å². The van der Waals surface area contributed by atoms with Gasteiger partial charge in [0, 0.05) is 18.7 Å². The van der Waals surface area contributed by atoms with Crippen LogP contribution in [-0.2, 0) is 15.7 Å². The standard InChI is InChI=1S/C33H43F9O3/c1-2-3-18-43-25-14-8-22(9-15-25)5-4-21-6-10-23(11-7-21)32(39,40)44-26-16-12-24(13-17-26)33(41,42)45-27-19-28(34)30(29(35)20-27)31(36,37)38/h4-5,19-26H,2-3,6-18H2,1H3/b5-4+. The Morgan fingerprint density at radius 1 is 0.667 bits per heavy atom. The maximum atomic E-state index is 15.1. The van der Waals surface area contributed by atoms with Crippen molar-refractivity contribution in [2.75, 3.05) is 6.61 Å². The molecule has 0 spiro atoms. The Hall–Kier alpha value is -1.95. The van der Waals surface area contributed by atoms with Gasteiger partial charge >= 0.3 is 18.4 Å². The van der Waals surface area contributed by atoms with E-state index in [1.54, 1.807) is 0 Å². The van der Waals surface area contributed by atoms with Gasteiger partial charge in [0.2, 0.25) is 0 Å². The van der Waals surface area contributed by atoms with E-state index >= 15 is 8.78 Å². The van der Waals surface area contributed by atoms with E-state index in [-0.39, 0.29) is 43.7 Å². The zero-order valence-corrected chi connectivity index (χ0v) is 25.5. The molecule has 12 heteroatoms. The molecule has 0 aliphatic heterocycles. The lowest BCUT2D eigenvalue weighted by atomic mass is 9.79. The third-order valence-electron chi connectivity index (χ3n) is 9.50. The number of alkyl halides is 7. The Morgan fingerprint density at radius 3 is 1.64 bits per heavy atom.